The van der Waals surface area contributed by atoms with Gasteiger partial charge in [-0.3, -0.25) is 0 Å². The summed E-state index contributed by atoms with van der Waals surface area (Å²) in [7, 11) is 0. The zero-order valence-electron chi connectivity index (χ0n) is 7.21. The van der Waals surface area contributed by atoms with Crippen molar-refractivity contribution in [2.24, 2.45) is 0 Å². The molecule has 0 aromatic carbocycles. The van der Waals surface area contributed by atoms with E-state index in [0.717, 1.165) is 48.7 Å². The van der Waals surface area contributed by atoms with Gasteiger partial charge in [-0.15, -0.1) is 37.2 Å². The second kappa shape index (κ2) is 40.1. The molecule has 0 rings (SSSR count). The smallest absolute Gasteiger partial charge is 0.147 e. The van der Waals surface area contributed by atoms with Gasteiger partial charge in [-0.1, -0.05) is 0 Å². The molecule has 0 radical (unpaired) electrons. The molecule has 0 heterocycles. The van der Waals surface area contributed by atoms with Gasteiger partial charge in [0.15, 0.2) is 0 Å². The third kappa shape index (κ3) is 73.6. The van der Waals surface area contributed by atoms with E-state index in [9.17, 15) is 0 Å². The Hall–Kier alpha value is 2.09. The van der Waals surface area contributed by atoms with Gasteiger partial charge >= 0.3 is 82.4 Å². The average Bonchev–Trinajstić information content (AvgIpc) is 1.88. The zero-order valence-corrected chi connectivity index (χ0v) is 21.1. The quantitative estimate of drug-likeness (QED) is 0.592. The van der Waals surface area contributed by atoms with Crippen LogP contribution in [-0.2, 0) is 0 Å². The summed E-state index contributed by atoms with van der Waals surface area (Å²) < 4.78 is 2.59. The molecular weight excluding hydrogens is 408 g/mol. The Morgan fingerprint density at radius 3 is 0.909 bits per heavy atom. The van der Waals surface area contributed by atoms with E-state index in [1.54, 1.807) is 0 Å². The summed E-state index contributed by atoms with van der Waals surface area (Å²) in [6.45, 7) is 7.06. The predicted octanol–water partition coefficient (Wildman–Crippen LogP) is 1.71. The molecule has 0 atom stereocenters. The Labute approximate surface area is 118 Å². The maximum Gasteiger partial charge on any atom is -0.147 e. The fraction of sp³-hybridized carbons (Fsp3) is 0.333. The molecule has 0 nitrogen and oxygen atoms in total. The molecule has 0 fully saturated rings. The first-order valence-electron chi connectivity index (χ1n) is 3.05. The largest absolute Gasteiger partial charge is 0.147 e. The van der Waals surface area contributed by atoms with Gasteiger partial charge in [0.1, 0.15) is 0 Å². The van der Waals surface area contributed by atoms with Gasteiger partial charge in [0, 0.05) is 0 Å². The van der Waals surface area contributed by atoms with Crippen LogP contribution < -0.4 is 0 Å². The van der Waals surface area contributed by atoms with Crippen LogP contribution in [0.25, 0.3) is 0 Å². The number of rotatable bonds is 2. The maximum absolute atomic E-state index is 3.53. The van der Waals surface area contributed by atoms with E-state index in [-0.39, 0.29) is 37.2 Å². The van der Waals surface area contributed by atoms with Crippen molar-refractivity contribution in [3.63, 3.8) is 0 Å². The Balaban J connectivity index is -0.0000000171. The summed E-state index contributed by atoms with van der Waals surface area (Å²) in [5.41, 5.74) is 0. The van der Waals surface area contributed by atoms with Crippen LogP contribution in [0.1, 0.15) is 0 Å². The van der Waals surface area contributed by atoms with Crippen LogP contribution in [0.2, 0.25) is 8.35 Å². The van der Waals surface area contributed by atoms with Gasteiger partial charge in [-0.25, -0.2) is 0 Å². The van der Waals surface area contributed by atoms with E-state index in [4.69, 9.17) is 0 Å². The van der Waals surface area contributed by atoms with Crippen molar-refractivity contribution < 1.29 is 0 Å². The monoisotopic (exact) mass is 424 g/mol. The van der Waals surface area contributed by atoms with Crippen molar-refractivity contribution in [1.29, 1.82) is 0 Å². The Morgan fingerprint density at radius 1 is 0.818 bits per heavy atom. The first kappa shape index (κ1) is 29.2. The predicted molar refractivity (Wildman–Crippen MR) is 68.8 cm³/mol. The first-order chi connectivity index (χ1) is 3.83. The first-order valence-corrected chi connectivity index (χ1v) is 11.1. The van der Waals surface area contributed by atoms with Gasteiger partial charge in [-0.2, -0.15) is 0 Å². The van der Waals surface area contributed by atoms with Gasteiger partial charge < -0.3 is 0 Å². The van der Waals surface area contributed by atoms with E-state index in [0.29, 0.717) is 0 Å². The average molecular weight is 425 g/mol. The minimum absolute atomic E-state index is 0. The summed E-state index contributed by atoms with van der Waals surface area (Å²) in [4.78, 5) is 0. The van der Waals surface area contributed by atoms with Crippen molar-refractivity contribution in [3.8, 4) is 0 Å². The molecule has 0 unspecified atom stereocenters. The maximum atomic E-state index is 3.53. The van der Waals surface area contributed by atoms with Crippen LogP contribution in [0.5, 0.6) is 0 Å². The van der Waals surface area contributed by atoms with Crippen LogP contribution in [0.3, 0.4) is 0 Å². The summed E-state index contributed by atoms with van der Waals surface area (Å²) in [5.74, 6) is 0. The molecule has 0 aliphatic heterocycles. The molecule has 0 amide bonds. The number of hydrogen-bond donors (Lipinski definition) is 0. The molecule has 5 heteroatoms. The van der Waals surface area contributed by atoms with Crippen LogP contribution in [0.4, 0.5) is 0 Å². The van der Waals surface area contributed by atoms with E-state index >= 15 is 0 Å². The van der Waals surface area contributed by atoms with Gasteiger partial charge in [0.2, 0.25) is 0 Å². The molecule has 11 heavy (non-hydrogen) atoms. The van der Waals surface area contributed by atoms with Crippen molar-refractivity contribution in [1.82, 2.24) is 0 Å². The van der Waals surface area contributed by atoms with Crippen molar-refractivity contribution in [2.75, 3.05) is 0 Å². The van der Waals surface area contributed by atoms with Crippen molar-refractivity contribution in [2.45, 2.75) is 8.35 Å². The summed E-state index contributed by atoms with van der Waals surface area (Å²) in [6, 6.07) is 0. The molecule has 0 saturated carbocycles. The van der Waals surface area contributed by atoms with Gasteiger partial charge in [0.25, 0.3) is 0 Å². The van der Waals surface area contributed by atoms with Crippen molar-refractivity contribution in [3.05, 3.63) is 25.3 Å². The van der Waals surface area contributed by atoms with Crippen LogP contribution in [-0.4, -0.2) is 48.7 Å². The van der Waals surface area contributed by atoms with E-state index in [2.05, 4.69) is 13.2 Å². The van der Waals surface area contributed by atoms with E-state index in [1.807, 2.05) is 12.2 Å². The normalized spacial score (nSPS) is 4.36. The zero-order chi connectivity index (χ0) is 6.83. The molecular formula is C6H17Cl3In2. The molecule has 0 aliphatic carbocycles. The fourth-order valence-corrected chi connectivity index (χ4v) is 0. The molecule has 0 N–H and O–H groups in total. The Bertz CT molecular complexity index is 51.8. The SMILES string of the molecule is C=C[CH2][InH2].C=C[CH2][InH2].Cl.Cl.Cl. The summed E-state index contributed by atoms with van der Waals surface area (Å²) in [5, 5.41) is 0. The fourth-order valence-electron chi connectivity index (χ4n) is 0. The van der Waals surface area contributed by atoms with Crippen LogP contribution in [0.15, 0.2) is 25.3 Å². The number of hydrogen-bond acceptors (Lipinski definition) is 0. The minimum atomic E-state index is 0. The molecule has 0 aromatic rings. The summed E-state index contributed by atoms with van der Waals surface area (Å²) >= 11 is 1.73. The minimum Gasteiger partial charge on any atom is -0.147 e. The van der Waals surface area contributed by atoms with Crippen LogP contribution in [0, 0.1) is 0 Å². The topological polar surface area (TPSA) is 0 Å². The van der Waals surface area contributed by atoms with E-state index in [1.165, 1.54) is 8.35 Å². The second-order valence-corrected chi connectivity index (χ2v) is 6.05. The number of allylic oxidation sites excluding steroid dienone is 2. The molecule has 0 spiro atoms. The number of halogens is 3. The van der Waals surface area contributed by atoms with Gasteiger partial charge in [0.05, 0.1) is 0 Å². The molecule has 0 aliphatic rings. The van der Waals surface area contributed by atoms with Crippen molar-refractivity contribution >= 4 is 86.0 Å². The summed E-state index contributed by atoms with van der Waals surface area (Å²) in [6.07, 6.45) is 3.94. The molecule has 0 aromatic heterocycles. The molecule has 0 bridgehead atoms. The molecule has 0 saturated heterocycles. The standard InChI is InChI=1S/2C3H5.3ClH.2In.4H/c2*1-3-2;;;;;;;;;/h2*3H,1-2H2;3*1H;;;;;;. The van der Waals surface area contributed by atoms with E-state index < -0.39 is 0 Å². The molecule has 68 valence electrons. The second-order valence-electron chi connectivity index (χ2n) is 1.39. The third-order valence-corrected chi connectivity index (χ3v) is 3.87. The van der Waals surface area contributed by atoms with Gasteiger partial charge in [-0.05, 0) is 0 Å². The van der Waals surface area contributed by atoms with Crippen LogP contribution >= 0.6 is 37.2 Å². The Kier molecular flexibility index (Phi) is 107. The Morgan fingerprint density at radius 2 is 0.909 bits per heavy atom. The third-order valence-electron chi connectivity index (χ3n) is 0.577.